The van der Waals surface area contributed by atoms with E-state index in [1.807, 2.05) is 0 Å². The summed E-state index contributed by atoms with van der Waals surface area (Å²) < 4.78 is 6.37. The number of benzene rings is 3. The van der Waals surface area contributed by atoms with Crippen molar-refractivity contribution >= 4 is 9.24 Å². The minimum atomic E-state index is 0.230. The molecule has 0 bridgehead atoms. The molecule has 36 heavy (non-hydrogen) atoms. The molecule has 1 aliphatic rings. The summed E-state index contributed by atoms with van der Waals surface area (Å²) in [6.45, 7) is 12.2. The highest BCUT2D eigenvalue weighted by atomic mass is 31.0. The highest BCUT2D eigenvalue weighted by molar-refractivity contribution is 7.15. The van der Waals surface area contributed by atoms with E-state index in [4.69, 9.17) is 4.74 Å². The molecule has 4 rings (SSSR count). The van der Waals surface area contributed by atoms with E-state index < -0.39 is 0 Å². The van der Waals surface area contributed by atoms with Crippen LogP contribution < -0.4 is 4.74 Å². The highest BCUT2D eigenvalue weighted by Gasteiger charge is 2.22. The summed E-state index contributed by atoms with van der Waals surface area (Å²) in [5, 5.41) is 0. The SMILES string of the molecule is CCC(C)(CC)COc1cc(C)c(-c2ccc(-c3ccc(C4CCC(C)CC4)cc3)cc2)cc1CP. The number of aryl methyl sites for hydroxylation is 1. The maximum Gasteiger partial charge on any atom is 0.123 e. The Balaban J connectivity index is 1.50. The van der Waals surface area contributed by atoms with E-state index in [9.17, 15) is 0 Å². The molecule has 0 aliphatic heterocycles. The molecule has 0 heterocycles. The quantitative estimate of drug-likeness (QED) is 0.266. The average molecular weight is 501 g/mol. The molecular weight excluding hydrogens is 455 g/mol. The van der Waals surface area contributed by atoms with Gasteiger partial charge in [-0.3, -0.25) is 0 Å². The summed E-state index contributed by atoms with van der Waals surface area (Å²) in [5.41, 5.74) is 9.41. The monoisotopic (exact) mass is 500 g/mol. The van der Waals surface area contributed by atoms with Crippen LogP contribution in [0.25, 0.3) is 22.3 Å². The Bertz CT molecular complexity index is 1120. The first-order chi connectivity index (χ1) is 17.4. The molecule has 0 radical (unpaired) electrons. The highest BCUT2D eigenvalue weighted by Crippen LogP contribution is 2.37. The first-order valence-corrected chi connectivity index (χ1v) is 14.8. The molecule has 1 unspecified atom stereocenters. The molecule has 1 nitrogen and oxygen atoms in total. The molecule has 3 aromatic carbocycles. The zero-order valence-electron chi connectivity index (χ0n) is 23.1. The van der Waals surface area contributed by atoms with Crippen molar-refractivity contribution in [2.75, 3.05) is 6.61 Å². The molecule has 3 aromatic rings. The van der Waals surface area contributed by atoms with Gasteiger partial charge in [0.25, 0.3) is 0 Å². The van der Waals surface area contributed by atoms with Crippen molar-refractivity contribution in [3.63, 3.8) is 0 Å². The number of ether oxygens (including phenoxy) is 1. The Kier molecular flexibility index (Phi) is 8.95. The second-order valence-corrected chi connectivity index (χ2v) is 11.8. The second-order valence-electron chi connectivity index (χ2n) is 11.4. The number of hydrogen-bond acceptors (Lipinski definition) is 1. The summed E-state index contributed by atoms with van der Waals surface area (Å²) in [5.74, 6) is 2.68. The van der Waals surface area contributed by atoms with Crippen molar-refractivity contribution in [3.8, 4) is 28.0 Å². The third-order valence-electron chi connectivity index (χ3n) is 8.84. The second kappa shape index (κ2) is 12.0. The molecule has 192 valence electrons. The van der Waals surface area contributed by atoms with Gasteiger partial charge in [0, 0.05) is 5.41 Å². The van der Waals surface area contributed by atoms with Gasteiger partial charge in [0.2, 0.25) is 0 Å². The number of hydrogen-bond donors (Lipinski definition) is 0. The maximum absolute atomic E-state index is 6.37. The van der Waals surface area contributed by atoms with Gasteiger partial charge in [-0.25, -0.2) is 0 Å². The Morgan fingerprint density at radius 1 is 0.833 bits per heavy atom. The van der Waals surface area contributed by atoms with Gasteiger partial charge < -0.3 is 4.74 Å². The zero-order valence-corrected chi connectivity index (χ0v) is 24.2. The van der Waals surface area contributed by atoms with Gasteiger partial charge in [0.05, 0.1) is 6.61 Å². The standard InChI is InChI=1S/C34H45OP/c1-6-34(5,7-2)23-35-33-20-25(4)32(21-31(33)22-36)30-18-16-29(17-19-30)28-14-12-27(13-15-28)26-10-8-24(3)9-11-26/h12-21,24,26H,6-11,22-23,36H2,1-5H3. The molecule has 1 saturated carbocycles. The first-order valence-electron chi connectivity index (χ1n) is 14.0. The van der Waals surface area contributed by atoms with E-state index in [0.717, 1.165) is 43.2 Å². The van der Waals surface area contributed by atoms with Crippen LogP contribution >= 0.6 is 9.24 Å². The van der Waals surface area contributed by atoms with Crippen molar-refractivity contribution in [2.24, 2.45) is 11.3 Å². The van der Waals surface area contributed by atoms with Crippen LogP contribution in [0.15, 0.2) is 60.7 Å². The predicted octanol–water partition coefficient (Wildman–Crippen LogP) is 10.2. The molecular formula is C34H45OP. The van der Waals surface area contributed by atoms with E-state index in [-0.39, 0.29) is 5.41 Å². The van der Waals surface area contributed by atoms with Gasteiger partial charge in [-0.05, 0) is 102 Å². The van der Waals surface area contributed by atoms with Crippen molar-refractivity contribution < 1.29 is 4.74 Å². The third kappa shape index (κ3) is 6.23. The van der Waals surface area contributed by atoms with Crippen LogP contribution in [0.5, 0.6) is 5.75 Å². The molecule has 0 aromatic heterocycles. The lowest BCUT2D eigenvalue weighted by Gasteiger charge is -2.27. The van der Waals surface area contributed by atoms with Gasteiger partial charge in [0.1, 0.15) is 5.75 Å². The summed E-state index contributed by atoms with van der Waals surface area (Å²) >= 11 is 0. The summed E-state index contributed by atoms with van der Waals surface area (Å²) in [6, 6.07) is 23.0. The van der Waals surface area contributed by atoms with Crippen LogP contribution in [-0.2, 0) is 6.16 Å². The lowest BCUT2D eigenvalue weighted by atomic mass is 9.79. The van der Waals surface area contributed by atoms with Crippen LogP contribution in [-0.4, -0.2) is 6.61 Å². The zero-order chi connectivity index (χ0) is 25.7. The minimum absolute atomic E-state index is 0.230. The number of rotatable bonds is 9. The van der Waals surface area contributed by atoms with Gasteiger partial charge >= 0.3 is 0 Å². The van der Waals surface area contributed by atoms with Crippen LogP contribution in [0, 0.1) is 18.3 Å². The Labute approximate surface area is 222 Å². The van der Waals surface area contributed by atoms with Gasteiger partial charge in [-0.1, -0.05) is 89.1 Å². The van der Waals surface area contributed by atoms with Crippen LogP contribution in [0.2, 0.25) is 0 Å². The van der Waals surface area contributed by atoms with Crippen molar-refractivity contribution in [1.29, 1.82) is 0 Å². The maximum atomic E-state index is 6.37. The topological polar surface area (TPSA) is 9.23 Å². The molecule has 1 fully saturated rings. The van der Waals surface area contributed by atoms with E-state index in [0.29, 0.717) is 0 Å². The molecule has 1 atom stereocenters. The fourth-order valence-corrected chi connectivity index (χ4v) is 5.74. The molecule has 0 spiro atoms. The fraction of sp³-hybridized carbons (Fsp3) is 0.471. The van der Waals surface area contributed by atoms with E-state index in [1.165, 1.54) is 64.6 Å². The molecule has 1 aliphatic carbocycles. The van der Waals surface area contributed by atoms with E-state index in [2.05, 4.69) is 105 Å². The summed E-state index contributed by atoms with van der Waals surface area (Å²) in [4.78, 5) is 0. The van der Waals surface area contributed by atoms with Crippen molar-refractivity contribution in [2.45, 2.75) is 85.2 Å². The van der Waals surface area contributed by atoms with E-state index >= 15 is 0 Å². The van der Waals surface area contributed by atoms with Crippen LogP contribution in [0.3, 0.4) is 0 Å². The largest absolute Gasteiger partial charge is 0.493 e. The third-order valence-corrected chi connectivity index (χ3v) is 9.28. The summed E-state index contributed by atoms with van der Waals surface area (Å²) in [6.07, 6.45) is 8.57. The smallest absolute Gasteiger partial charge is 0.123 e. The summed E-state index contributed by atoms with van der Waals surface area (Å²) in [7, 11) is 2.88. The van der Waals surface area contributed by atoms with Crippen molar-refractivity contribution in [3.05, 3.63) is 77.4 Å². The minimum Gasteiger partial charge on any atom is -0.493 e. The van der Waals surface area contributed by atoms with Gasteiger partial charge in [-0.15, -0.1) is 9.24 Å². The van der Waals surface area contributed by atoms with Crippen molar-refractivity contribution in [1.82, 2.24) is 0 Å². The van der Waals surface area contributed by atoms with Crippen LogP contribution in [0.4, 0.5) is 0 Å². The van der Waals surface area contributed by atoms with Crippen LogP contribution in [0.1, 0.15) is 88.8 Å². The normalized spacial score (nSPS) is 18.3. The lowest BCUT2D eigenvalue weighted by Crippen LogP contribution is -2.23. The Morgan fingerprint density at radius 2 is 1.39 bits per heavy atom. The Hall–Kier alpha value is -2.11. The van der Waals surface area contributed by atoms with Gasteiger partial charge in [0.15, 0.2) is 0 Å². The van der Waals surface area contributed by atoms with Gasteiger partial charge in [-0.2, -0.15) is 0 Å². The molecule has 0 saturated heterocycles. The lowest BCUT2D eigenvalue weighted by molar-refractivity contribution is 0.151. The first kappa shape index (κ1) is 26.9. The average Bonchev–Trinajstić information content (AvgIpc) is 2.92. The predicted molar refractivity (Wildman–Crippen MR) is 160 cm³/mol. The molecule has 2 heteroatoms. The van der Waals surface area contributed by atoms with E-state index in [1.54, 1.807) is 0 Å². The fourth-order valence-electron chi connectivity index (χ4n) is 5.42. The molecule has 0 N–H and O–H groups in total. The molecule has 0 amide bonds. The Morgan fingerprint density at radius 3 is 1.94 bits per heavy atom.